The molecule has 0 aliphatic rings. The summed E-state index contributed by atoms with van der Waals surface area (Å²) in [6, 6.07) is 5.27. The minimum absolute atomic E-state index is 0.101. The molecular formula is C8H5NO2S. The first kappa shape index (κ1) is 7.36. The van der Waals surface area contributed by atoms with E-state index >= 15 is 0 Å². The van der Waals surface area contributed by atoms with Gasteiger partial charge < -0.3 is 4.42 Å². The molecule has 0 N–H and O–H groups in total. The number of thiol groups is 1. The van der Waals surface area contributed by atoms with Crippen LogP contribution in [-0.4, -0.2) is 11.3 Å². The minimum Gasteiger partial charge on any atom is -0.434 e. The summed E-state index contributed by atoms with van der Waals surface area (Å²) in [5.41, 5.74) is 1.26. The van der Waals surface area contributed by atoms with E-state index in [1.54, 1.807) is 18.2 Å². The van der Waals surface area contributed by atoms with E-state index in [0.29, 0.717) is 17.4 Å². The first-order valence-electron chi connectivity index (χ1n) is 3.34. The number of carbonyl (C=O) groups is 1. The lowest BCUT2D eigenvalue weighted by molar-refractivity contribution is 0.109. The largest absolute Gasteiger partial charge is 0.434 e. The van der Waals surface area contributed by atoms with Crippen molar-refractivity contribution in [3.63, 3.8) is 0 Å². The van der Waals surface area contributed by atoms with Crippen LogP contribution in [0.15, 0.2) is 27.5 Å². The SMILES string of the molecule is O=Cc1nc2ccc(S)cc2o1. The van der Waals surface area contributed by atoms with Crippen molar-refractivity contribution < 1.29 is 9.21 Å². The topological polar surface area (TPSA) is 43.1 Å². The Morgan fingerprint density at radius 1 is 1.50 bits per heavy atom. The Bertz CT molecular complexity index is 436. The Labute approximate surface area is 73.8 Å². The van der Waals surface area contributed by atoms with Gasteiger partial charge in [0.15, 0.2) is 5.58 Å². The molecule has 0 bridgehead atoms. The van der Waals surface area contributed by atoms with Gasteiger partial charge in [-0.25, -0.2) is 4.98 Å². The van der Waals surface area contributed by atoms with Gasteiger partial charge in [-0.15, -0.1) is 12.6 Å². The van der Waals surface area contributed by atoms with Crippen molar-refractivity contribution in [2.24, 2.45) is 0 Å². The molecule has 0 radical (unpaired) electrons. The molecule has 12 heavy (non-hydrogen) atoms. The van der Waals surface area contributed by atoms with Crippen LogP contribution >= 0.6 is 12.6 Å². The number of hydrogen-bond donors (Lipinski definition) is 1. The summed E-state index contributed by atoms with van der Waals surface area (Å²) in [5, 5.41) is 0. The molecule has 0 fully saturated rings. The van der Waals surface area contributed by atoms with Gasteiger partial charge in [0.2, 0.25) is 6.29 Å². The summed E-state index contributed by atoms with van der Waals surface area (Å²) in [7, 11) is 0. The summed E-state index contributed by atoms with van der Waals surface area (Å²) in [5.74, 6) is 0.101. The van der Waals surface area contributed by atoms with Gasteiger partial charge in [-0.3, -0.25) is 4.79 Å². The lowest BCUT2D eigenvalue weighted by Crippen LogP contribution is -1.74. The highest BCUT2D eigenvalue weighted by Gasteiger charge is 2.03. The van der Waals surface area contributed by atoms with Crippen molar-refractivity contribution >= 4 is 30.0 Å². The van der Waals surface area contributed by atoms with Crippen molar-refractivity contribution in [1.82, 2.24) is 4.98 Å². The summed E-state index contributed by atoms with van der Waals surface area (Å²) < 4.78 is 5.07. The molecule has 1 aromatic heterocycles. The number of aldehydes is 1. The van der Waals surface area contributed by atoms with Crippen molar-refractivity contribution in [3.8, 4) is 0 Å². The first-order valence-corrected chi connectivity index (χ1v) is 3.79. The van der Waals surface area contributed by atoms with E-state index in [1.807, 2.05) is 0 Å². The fraction of sp³-hybridized carbons (Fsp3) is 0. The van der Waals surface area contributed by atoms with E-state index in [0.717, 1.165) is 4.90 Å². The van der Waals surface area contributed by atoms with Crippen LogP contribution in [0.5, 0.6) is 0 Å². The summed E-state index contributed by atoms with van der Waals surface area (Å²) in [6.07, 6.45) is 0.582. The zero-order valence-corrected chi connectivity index (χ0v) is 6.91. The number of aromatic nitrogens is 1. The molecule has 0 saturated heterocycles. The fourth-order valence-electron chi connectivity index (χ4n) is 0.982. The molecule has 3 nitrogen and oxygen atoms in total. The molecule has 0 amide bonds. The molecule has 0 aliphatic heterocycles. The molecule has 0 saturated carbocycles. The smallest absolute Gasteiger partial charge is 0.260 e. The van der Waals surface area contributed by atoms with E-state index in [2.05, 4.69) is 17.6 Å². The number of nitrogens with zero attached hydrogens (tertiary/aromatic N) is 1. The van der Waals surface area contributed by atoms with Gasteiger partial charge in [-0.2, -0.15) is 0 Å². The maximum atomic E-state index is 10.3. The van der Waals surface area contributed by atoms with Gasteiger partial charge in [0.05, 0.1) is 0 Å². The molecule has 0 unspecified atom stereocenters. The summed E-state index contributed by atoms with van der Waals surface area (Å²) in [6.45, 7) is 0. The van der Waals surface area contributed by atoms with Crippen LogP contribution in [0.2, 0.25) is 0 Å². The summed E-state index contributed by atoms with van der Waals surface area (Å²) >= 11 is 4.12. The van der Waals surface area contributed by atoms with Gasteiger partial charge >= 0.3 is 0 Å². The Balaban J connectivity index is 2.75. The maximum absolute atomic E-state index is 10.3. The second kappa shape index (κ2) is 2.64. The zero-order valence-electron chi connectivity index (χ0n) is 6.02. The Kier molecular flexibility index (Phi) is 1.62. The van der Waals surface area contributed by atoms with Crippen molar-refractivity contribution in [1.29, 1.82) is 0 Å². The van der Waals surface area contributed by atoms with E-state index < -0.39 is 0 Å². The third kappa shape index (κ3) is 1.10. The van der Waals surface area contributed by atoms with Gasteiger partial charge in [-0.1, -0.05) is 0 Å². The monoisotopic (exact) mass is 179 g/mol. The third-order valence-corrected chi connectivity index (χ3v) is 1.77. The van der Waals surface area contributed by atoms with Gasteiger partial charge in [0.1, 0.15) is 5.52 Å². The van der Waals surface area contributed by atoms with Gasteiger partial charge in [0, 0.05) is 4.90 Å². The highest BCUT2D eigenvalue weighted by Crippen LogP contribution is 2.18. The average molecular weight is 179 g/mol. The maximum Gasteiger partial charge on any atom is 0.260 e. The standard InChI is InChI=1S/C8H5NO2S/c10-4-8-9-6-2-1-5(12)3-7(6)11-8/h1-4,12H. The molecule has 2 rings (SSSR count). The quantitative estimate of drug-likeness (QED) is 0.537. The Morgan fingerprint density at radius 3 is 3.08 bits per heavy atom. The van der Waals surface area contributed by atoms with Crippen LogP contribution in [-0.2, 0) is 0 Å². The number of fused-ring (bicyclic) bond motifs is 1. The van der Waals surface area contributed by atoms with Crippen molar-refractivity contribution in [2.45, 2.75) is 4.90 Å². The number of rotatable bonds is 1. The predicted molar refractivity (Wildman–Crippen MR) is 46.6 cm³/mol. The minimum atomic E-state index is 0.101. The molecular weight excluding hydrogens is 174 g/mol. The molecule has 4 heteroatoms. The number of oxazole rings is 1. The number of carbonyl (C=O) groups excluding carboxylic acids is 1. The Hall–Kier alpha value is -1.29. The highest BCUT2D eigenvalue weighted by atomic mass is 32.1. The predicted octanol–water partition coefficient (Wildman–Crippen LogP) is 1.93. The molecule has 0 spiro atoms. The van der Waals surface area contributed by atoms with Crippen LogP contribution in [0.1, 0.15) is 10.7 Å². The number of benzene rings is 1. The second-order valence-corrected chi connectivity index (χ2v) is 2.84. The lowest BCUT2D eigenvalue weighted by atomic mass is 10.3. The van der Waals surface area contributed by atoms with Crippen LogP contribution in [0, 0.1) is 0 Å². The van der Waals surface area contributed by atoms with E-state index in [1.165, 1.54) is 0 Å². The molecule has 2 aromatic rings. The average Bonchev–Trinajstić information content (AvgIpc) is 2.46. The third-order valence-electron chi connectivity index (χ3n) is 1.49. The number of hydrogen-bond acceptors (Lipinski definition) is 4. The molecule has 1 heterocycles. The summed E-state index contributed by atoms with van der Waals surface area (Å²) in [4.78, 5) is 15.0. The molecule has 0 aliphatic carbocycles. The first-order chi connectivity index (χ1) is 5.79. The van der Waals surface area contributed by atoms with E-state index in [4.69, 9.17) is 4.42 Å². The zero-order chi connectivity index (χ0) is 8.55. The Morgan fingerprint density at radius 2 is 2.33 bits per heavy atom. The van der Waals surface area contributed by atoms with E-state index in [9.17, 15) is 4.79 Å². The van der Waals surface area contributed by atoms with Crippen LogP contribution < -0.4 is 0 Å². The lowest BCUT2D eigenvalue weighted by Gasteiger charge is -1.86. The van der Waals surface area contributed by atoms with Gasteiger partial charge in [-0.05, 0) is 18.2 Å². The molecule has 0 atom stereocenters. The van der Waals surface area contributed by atoms with Crippen molar-refractivity contribution in [3.05, 3.63) is 24.1 Å². The van der Waals surface area contributed by atoms with Gasteiger partial charge in [0.25, 0.3) is 5.89 Å². The van der Waals surface area contributed by atoms with Crippen LogP contribution in [0.3, 0.4) is 0 Å². The molecule has 60 valence electrons. The van der Waals surface area contributed by atoms with Crippen LogP contribution in [0.25, 0.3) is 11.1 Å². The highest BCUT2D eigenvalue weighted by molar-refractivity contribution is 7.80. The molecule has 1 aromatic carbocycles. The normalized spacial score (nSPS) is 10.4. The van der Waals surface area contributed by atoms with E-state index in [-0.39, 0.29) is 5.89 Å². The fourth-order valence-corrected chi connectivity index (χ4v) is 1.17. The van der Waals surface area contributed by atoms with Crippen molar-refractivity contribution in [2.75, 3.05) is 0 Å². The second-order valence-electron chi connectivity index (χ2n) is 2.32. The van der Waals surface area contributed by atoms with Crippen LogP contribution in [0.4, 0.5) is 0 Å².